The molecule has 0 aliphatic rings. The van der Waals surface area contributed by atoms with Crippen molar-refractivity contribution in [3.05, 3.63) is 122 Å². The van der Waals surface area contributed by atoms with Crippen LogP contribution in [0.1, 0.15) is 20.8 Å². The van der Waals surface area contributed by atoms with Crippen molar-refractivity contribution in [1.82, 2.24) is 5.32 Å². The first-order valence-corrected chi connectivity index (χ1v) is 13.9. The molecule has 0 bridgehead atoms. The number of nitro benzene ring substituents is 1. The van der Waals surface area contributed by atoms with Gasteiger partial charge in [0, 0.05) is 33.2 Å². The molecule has 3 N–H and O–H groups in total. The van der Waals surface area contributed by atoms with Crippen LogP contribution in [0, 0.1) is 17.0 Å². The molecule has 3 aromatic carbocycles. The van der Waals surface area contributed by atoms with Crippen LogP contribution >= 0.6 is 23.1 Å². The predicted octanol–water partition coefficient (Wildman–Crippen LogP) is 6.11. The van der Waals surface area contributed by atoms with Crippen molar-refractivity contribution >= 4 is 64.0 Å². The van der Waals surface area contributed by atoms with E-state index in [0.29, 0.717) is 22.5 Å². The van der Waals surface area contributed by atoms with Gasteiger partial charge in [0.15, 0.2) is 0 Å². The third-order valence-corrected chi connectivity index (χ3v) is 7.34. The Morgan fingerprint density at radius 3 is 2.48 bits per heavy atom. The number of non-ortho nitro benzene ring substituents is 1. The maximum atomic E-state index is 13.2. The van der Waals surface area contributed by atoms with Crippen LogP contribution in [0.4, 0.5) is 17.1 Å². The largest absolute Gasteiger partial charge is 0.325 e. The van der Waals surface area contributed by atoms with Crippen molar-refractivity contribution in [2.45, 2.75) is 11.8 Å². The van der Waals surface area contributed by atoms with Gasteiger partial charge in [-0.25, -0.2) is 0 Å². The standard InChI is InChI=1S/C29H24N4O5S2/c1-19-12-13-22(33(37)38)16-25(19)31-27(34)18-40-23-10-5-9-21(15-23)30-29(36)26(17-24-11-6-14-39-24)32-28(35)20-7-3-2-4-8-20/h2-17H,18H2,1H3,(H,30,36)(H,31,34)(H,32,35)/b26-17-. The van der Waals surface area contributed by atoms with Crippen LogP contribution in [-0.2, 0) is 9.59 Å². The number of nitrogens with one attached hydrogen (secondary N) is 3. The van der Waals surface area contributed by atoms with Crippen molar-refractivity contribution in [2.75, 3.05) is 16.4 Å². The SMILES string of the molecule is Cc1ccc([N+](=O)[O-])cc1NC(=O)CSc1cccc(NC(=O)/C(=C/c2cccs2)NC(=O)c2ccccc2)c1. The minimum absolute atomic E-state index is 0.0518. The lowest BCUT2D eigenvalue weighted by Gasteiger charge is -2.12. The zero-order chi connectivity index (χ0) is 28.5. The normalized spacial score (nSPS) is 11.0. The van der Waals surface area contributed by atoms with E-state index >= 15 is 0 Å². The van der Waals surface area contributed by atoms with E-state index in [0.717, 1.165) is 9.77 Å². The van der Waals surface area contributed by atoms with Gasteiger partial charge >= 0.3 is 0 Å². The number of thiophene rings is 1. The zero-order valence-electron chi connectivity index (χ0n) is 21.2. The molecule has 4 aromatic rings. The van der Waals surface area contributed by atoms with Gasteiger partial charge < -0.3 is 16.0 Å². The maximum absolute atomic E-state index is 13.2. The second kappa shape index (κ2) is 13.4. The Labute approximate surface area is 238 Å². The molecule has 0 aliphatic heterocycles. The van der Waals surface area contributed by atoms with Gasteiger partial charge in [-0.2, -0.15) is 0 Å². The number of carbonyl (C=O) groups is 3. The highest BCUT2D eigenvalue weighted by molar-refractivity contribution is 8.00. The van der Waals surface area contributed by atoms with Crippen LogP contribution in [0.15, 0.2) is 101 Å². The summed E-state index contributed by atoms with van der Waals surface area (Å²) in [4.78, 5) is 50.5. The van der Waals surface area contributed by atoms with Crippen molar-refractivity contribution in [3.63, 3.8) is 0 Å². The molecule has 0 spiro atoms. The van der Waals surface area contributed by atoms with E-state index in [1.807, 2.05) is 17.5 Å². The third-order valence-electron chi connectivity index (χ3n) is 5.53. The van der Waals surface area contributed by atoms with Gasteiger partial charge in [-0.1, -0.05) is 36.4 Å². The van der Waals surface area contributed by atoms with Gasteiger partial charge in [0.05, 0.1) is 16.4 Å². The summed E-state index contributed by atoms with van der Waals surface area (Å²) in [7, 11) is 0. The first kappa shape index (κ1) is 28.3. The van der Waals surface area contributed by atoms with Crippen LogP contribution in [0.3, 0.4) is 0 Å². The molecule has 4 rings (SSSR count). The van der Waals surface area contributed by atoms with Gasteiger partial charge in [0.25, 0.3) is 17.5 Å². The highest BCUT2D eigenvalue weighted by atomic mass is 32.2. The van der Waals surface area contributed by atoms with E-state index < -0.39 is 16.7 Å². The molecule has 1 heterocycles. The molecular weight excluding hydrogens is 548 g/mol. The summed E-state index contributed by atoms with van der Waals surface area (Å²) in [5, 5.41) is 21.1. The molecule has 0 aliphatic carbocycles. The fraction of sp³-hybridized carbons (Fsp3) is 0.0690. The third kappa shape index (κ3) is 7.88. The summed E-state index contributed by atoms with van der Waals surface area (Å²) >= 11 is 2.68. The van der Waals surface area contributed by atoms with Gasteiger partial charge in [-0.05, 0) is 60.3 Å². The number of benzene rings is 3. The van der Waals surface area contributed by atoms with E-state index in [9.17, 15) is 24.5 Å². The van der Waals surface area contributed by atoms with Crippen LogP contribution in [0.25, 0.3) is 6.08 Å². The second-order valence-electron chi connectivity index (χ2n) is 8.47. The summed E-state index contributed by atoms with van der Waals surface area (Å²) in [6, 6.07) is 23.5. The Morgan fingerprint density at radius 1 is 0.950 bits per heavy atom. The first-order chi connectivity index (χ1) is 19.3. The molecule has 0 radical (unpaired) electrons. The van der Waals surface area contributed by atoms with E-state index in [4.69, 9.17) is 0 Å². The smallest absolute Gasteiger partial charge is 0.272 e. The molecule has 0 unspecified atom stereocenters. The lowest BCUT2D eigenvalue weighted by atomic mass is 10.2. The number of amides is 3. The van der Waals surface area contributed by atoms with Crippen molar-refractivity contribution < 1.29 is 19.3 Å². The summed E-state index contributed by atoms with van der Waals surface area (Å²) < 4.78 is 0. The van der Waals surface area contributed by atoms with E-state index in [1.165, 1.54) is 35.2 Å². The molecule has 0 fully saturated rings. The van der Waals surface area contributed by atoms with E-state index in [2.05, 4.69) is 16.0 Å². The number of hydrogen-bond donors (Lipinski definition) is 3. The number of rotatable bonds is 10. The number of hydrogen-bond acceptors (Lipinski definition) is 7. The molecule has 40 heavy (non-hydrogen) atoms. The maximum Gasteiger partial charge on any atom is 0.272 e. The average molecular weight is 573 g/mol. The van der Waals surface area contributed by atoms with Crippen molar-refractivity contribution in [1.29, 1.82) is 0 Å². The van der Waals surface area contributed by atoms with Gasteiger partial charge in [-0.3, -0.25) is 24.5 Å². The zero-order valence-corrected chi connectivity index (χ0v) is 22.9. The monoisotopic (exact) mass is 572 g/mol. The highest BCUT2D eigenvalue weighted by Crippen LogP contribution is 2.25. The highest BCUT2D eigenvalue weighted by Gasteiger charge is 2.16. The lowest BCUT2D eigenvalue weighted by Crippen LogP contribution is -2.30. The number of anilines is 2. The molecule has 11 heteroatoms. The number of nitro groups is 1. The van der Waals surface area contributed by atoms with E-state index in [-0.39, 0.29) is 23.0 Å². The number of nitrogens with zero attached hydrogens (tertiary/aromatic N) is 1. The van der Waals surface area contributed by atoms with Crippen LogP contribution in [-0.4, -0.2) is 28.4 Å². The summed E-state index contributed by atoms with van der Waals surface area (Å²) in [5.41, 5.74) is 1.97. The quantitative estimate of drug-likeness (QED) is 0.0910. The molecule has 3 amide bonds. The summed E-state index contributed by atoms with van der Waals surface area (Å²) in [6.45, 7) is 1.75. The van der Waals surface area contributed by atoms with Gasteiger partial charge in [0.1, 0.15) is 5.70 Å². The molecule has 9 nitrogen and oxygen atoms in total. The Balaban J connectivity index is 1.41. The number of carbonyl (C=O) groups excluding carboxylic acids is 3. The fourth-order valence-electron chi connectivity index (χ4n) is 3.51. The molecule has 0 saturated heterocycles. The molecule has 0 saturated carbocycles. The van der Waals surface area contributed by atoms with Gasteiger partial charge in [-0.15, -0.1) is 23.1 Å². The van der Waals surface area contributed by atoms with Crippen LogP contribution < -0.4 is 16.0 Å². The lowest BCUT2D eigenvalue weighted by molar-refractivity contribution is -0.384. The van der Waals surface area contributed by atoms with E-state index in [1.54, 1.807) is 73.7 Å². The topological polar surface area (TPSA) is 130 Å². The van der Waals surface area contributed by atoms with Crippen molar-refractivity contribution in [2.24, 2.45) is 0 Å². The van der Waals surface area contributed by atoms with Crippen LogP contribution in [0.5, 0.6) is 0 Å². The minimum atomic E-state index is -0.516. The number of thioether (sulfide) groups is 1. The van der Waals surface area contributed by atoms with Crippen LogP contribution in [0.2, 0.25) is 0 Å². The predicted molar refractivity (Wildman–Crippen MR) is 158 cm³/mol. The van der Waals surface area contributed by atoms with Gasteiger partial charge in [0.2, 0.25) is 5.91 Å². The average Bonchev–Trinajstić information content (AvgIpc) is 3.46. The Morgan fingerprint density at radius 2 is 1.75 bits per heavy atom. The summed E-state index contributed by atoms with van der Waals surface area (Å²) in [6.07, 6.45) is 1.61. The minimum Gasteiger partial charge on any atom is -0.325 e. The Bertz CT molecular complexity index is 1570. The second-order valence-corrected chi connectivity index (χ2v) is 10.5. The Kier molecular flexibility index (Phi) is 9.44. The Hall–Kier alpha value is -4.74. The van der Waals surface area contributed by atoms with Crippen molar-refractivity contribution in [3.8, 4) is 0 Å². The number of aryl methyl sites for hydroxylation is 1. The first-order valence-electron chi connectivity index (χ1n) is 12.0. The molecule has 1 aromatic heterocycles. The summed E-state index contributed by atoms with van der Waals surface area (Å²) in [5.74, 6) is -1.18. The molecular formula is C29H24N4O5S2. The molecule has 0 atom stereocenters. The fourth-order valence-corrected chi connectivity index (χ4v) is 4.93. The molecule has 202 valence electrons.